The van der Waals surface area contributed by atoms with Crippen LogP contribution < -0.4 is 10.9 Å². The molecule has 2 aromatic heterocycles. The van der Waals surface area contributed by atoms with E-state index in [1.54, 1.807) is 23.0 Å². The SMILES string of the molecule is CNC(=O)C(C)Sc1nc2sc3c(c2c(=O)n1CC1CCCO1)CCCC3. The first-order valence-electron chi connectivity index (χ1n) is 9.63. The van der Waals surface area contributed by atoms with E-state index in [0.717, 1.165) is 48.9 Å². The van der Waals surface area contributed by atoms with Crippen LogP contribution in [0.3, 0.4) is 0 Å². The summed E-state index contributed by atoms with van der Waals surface area (Å²) >= 11 is 3.00. The van der Waals surface area contributed by atoms with Gasteiger partial charge in [-0.15, -0.1) is 11.3 Å². The summed E-state index contributed by atoms with van der Waals surface area (Å²) in [5, 5.41) is 3.78. The monoisotopic (exact) mass is 407 g/mol. The van der Waals surface area contributed by atoms with E-state index in [2.05, 4.69) is 5.32 Å². The highest BCUT2D eigenvalue weighted by Crippen LogP contribution is 2.35. The maximum Gasteiger partial charge on any atom is 0.263 e. The fourth-order valence-corrected chi connectivity index (χ4v) is 6.16. The number of nitrogens with one attached hydrogen (secondary N) is 1. The van der Waals surface area contributed by atoms with Crippen LogP contribution in [0.15, 0.2) is 9.95 Å². The molecule has 0 spiro atoms. The number of thioether (sulfide) groups is 1. The van der Waals surface area contributed by atoms with Crippen LogP contribution in [-0.2, 0) is 28.9 Å². The number of fused-ring (bicyclic) bond motifs is 3. The number of ether oxygens (including phenoxy) is 1. The number of rotatable bonds is 5. The summed E-state index contributed by atoms with van der Waals surface area (Å²) in [5.41, 5.74) is 1.23. The van der Waals surface area contributed by atoms with Crippen molar-refractivity contribution < 1.29 is 9.53 Å². The van der Waals surface area contributed by atoms with E-state index < -0.39 is 0 Å². The average Bonchev–Trinajstić information content (AvgIpc) is 3.31. The minimum Gasteiger partial charge on any atom is -0.376 e. The Hall–Kier alpha value is -1.38. The van der Waals surface area contributed by atoms with E-state index in [9.17, 15) is 9.59 Å². The molecule has 1 fully saturated rings. The Balaban J connectivity index is 1.80. The summed E-state index contributed by atoms with van der Waals surface area (Å²) in [4.78, 5) is 32.4. The van der Waals surface area contributed by atoms with Crippen LogP contribution >= 0.6 is 23.1 Å². The molecule has 1 saturated heterocycles. The van der Waals surface area contributed by atoms with Crippen molar-refractivity contribution in [3.8, 4) is 0 Å². The van der Waals surface area contributed by atoms with Crippen LogP contribution in [0.1, 0.15) is 43.0 Å². The Morgan fingerprint density at radius 1 is 1.41 bits per heavy atom. The maximum atomic E-state index is 13.5. The Morgan fingerprint density at radius 3 is 2.96 bits per heavy atom. The minimum atomic E-state index is -0.315. The van der Waals surface area contributed by atoms with Gasteiger partial charge in [0, 0.05) is 18.5 Å². The van der Waals surface area contributed by atoms with Gasteiger partial charge in [-0.3, -0.25) is 14.2 Å². The summed E-state index contributed by atoms with van der Waals surface area (Å²) in [6.07, 6.45) is 6.35. The fraction of sp³-hybridized carbons (Fsp3) is 0.632. The van der Waals surface area contributed by atoms with Crippen LogP contribution in [0, 0.1) is 0 Å². The number of hydrogen-bond acceptors (Lipinski definition) is 6. The summed E-state index contributed by atoms with van der Waals surface area (Å²) < 4.78 is 7.53. The van der Waals surface area contributed by atoms with E-state index >= 15 is 0 Å². The Labute approximate surface area is 166 Å². The van der Waals surface area contributed by atoms with Crippen molar-refractivity contribution in [2.75, 3.05) is 13.7 Å². The molecular weight excluding hydrogens is 382 g/mol. The fourth-order valence-electron chi connectivity index (χ4n) is 3.88. The van der Waals surface area contributed by atoms with Crippen LogP contribution in [0.5, 0.6) is 0 Å². The summed E-state index contributed by atoms with van der Waals surface area (Å²) in [5.74, 6) is -0.0662. The van der Waals surface area contributed by atoms with Crippen molar-refractivity contribution in [2.24, 2.45) is 0 Å². The molecular formula is C19H25N3O3S2. The topological polar surface area (TPSA) is 73.2 Å². The van der Waals surface area contributed by atoms with Gasteiger partial charge in [0.15, 0.2) is 5.16 Å². The lowest BCUT2D eigenvalue weighted by Gasteiger charge is -2.18. The second-order valence-corrected chi connectivity index (χ2v) is 9.60. The van der Waals surface area contributed by atoms with Crippen LogP contribution in [-0.4, -0.2) is 40.5 Å². The molecule has 8 heteroatoms. The summed E-state index contributed by atoms with van der Waals surface area (Å²) in [6.45, 7) is 3.10. The molecule has 27 heavy (non-hydrogen) atoms. The van der Waals surface area contributed by atoms with Crippen LogP contribution in [0.2, 0.25) is 0 Å². The van der Waals surface area contributed by atoms with E-state index in [4.69, 9.17) is 9.72 Å². The Kier molecular flexibility index (Phi) is 5.57. The van der Waals surface area contributed by atoms with E-state index in [1.807, 2.05) is 6.92 Å². The van der Waals surface area contributed by atoms with Crippen LogP contribution in [0.4, 0.5) is 0 Å². The first kappa shape index (κ1) is 19.0. The Morgan fingerprint density at radius 2 is 2.22 bits per heavy atom. The third-order valence-electron chi connectivity index (χ3n) is 5.35. The molecule has 6 nitrogen and oxygen atoms in total. The molecule has 0 aromatic carbocycles. The van der Waals surface area contributed by atoms with Crippen LogP contribution in [0.25, 0.3) is 10.2 Å². The van der Waals surface area contributed by atoms with Crippen molar-refractivity contribution in [3.05, 3.63) is 20.8 Å². The molecule has 146 valence electrons. The highest BCUT2D eigenvalue weighted by atomic mass is 32.2. The highest BCUT2D eigenvalue weighted by Gasteiger charge is 2.26. The molecule has 2 aromatic rings. The zero-order chi connectivity index (χ0) is 19.0. The second kappa shape index (κ2) is 7.93. The molecule has 1 N–H and O–H groups in total. The number of aromatic nitrogens is 2. The third kappa shape index (κ3) is 3.67. The van der Waals surface area contributed by atoms with Gasteiger partial charge >= 0.3 is 0 Å². The van der Waals surface area contributed by atoms with Gasteiger partial charge in [0.2, 0.25) is 5.91 Å². The Bertz CT molecular complexity index is 915. The van der Waals surface area contributed by atoms with Gasteiger partial charge in [0.05, 0.1) is 23.3 Å². The van der Waals surface area contributed by atoms with Gasteiger partial charge in [0.25, 0.3) is 5.56 Å². The number of nitrogens with zero attached hydrogens (tertiary/aromatic N) is 2. The van der Waals surface area contributed by atoms with E-state index in [0.29, 0.717) is 11.7 Å². The number of carbonyl (C=O) groups excluding carboxylic acids is 1. The van der Waals surface area contributed by atoms with Crippen molar-refractivity contribution in [2.45, 2.75) is 68.5 Å². The number of thiophene rings is 1. The highest BCUT2D eigenvalue weighted by molar-refractivity contribution is 8.00. The lowest BCUT2D eigenvalue weighted by molar-refractivity contribution is -0.119. The molecule has 1 aliphatic carbocycles. The van der Waals surface area contributed by atoms with E-state index in [-0.39, 0.29) is 22.8 Å². The molecule has 0 bridgehead atoms. The van der Waals surface area contributed by atoms with Crippen molar-refractivity contribution in [3.63, 3.8) is 0 Å². The molecule has 4 rings (SSSR count). The maximum absolute atomic E-state index is 13.5. The zero-order valence-electron chi connectivity index (χ0n) is 15.7. The largest absolute Gasteiger partial charge is 0.376 e. The zero-order valence-corrected chi connectivity index (χ0v) is 17.4. The summed E-state index contributed by atoms with van der Waals surface area (Å²) in [6, 6.07) is 0. The molecule has 3 heterocycles. The van der Waals surface area contributed by atoms with Crippen molar-refractivity contribution in [1.29, 1.82) is 0 Å². The number of aryl methyl sites for hydroxylation is 2. The molecule has 0 saturated carbocycles. The second-order valence-electron chi connectivity index (χ2n) is 7.21. The lowest BCUT2D eigenvalue weighted by Crippen LogP contribution is -2.31. The van der Waals surface area contributed by atoms with Gasteiger partial charge in [0.1, 0.15) is 4.83 Å². The molecule has 2 atom stereocenters. The van der Waals surface area contributed by atoms with Crippen molar-refractivity contribution in [1.82, 2.24) is 14.9 Å². The predicted molar refractivity (Wildman–Crippen MR) is 109 cm³/mol. The molecule has 0 radical (unpaired) electrons. The average molecular weight is 408 g/mol. The van der Waals surface area contributed by atoms with Gasteiger partial charge in [-0.25, -0.2) is 4.98 Å². The number of amides is 1. The molecule has 2 unspecified atom stereocenters. The third-order valence-corrected chi connectivity index (χ3v) is 7.62. The first-order chi connectivity index (χ1) is 13.1. The molecule has 2 aliphatic rings. The molecule has 1 aliphatic heterocycles. The van der Waals surface area contributed by atoms with Gasteiger partial charge in [-0.2, -0.15) is 0 Å². The number of carbonyl (C=O) groups is 1. The van der Waals surface area contributed by atoms with Gasteiger partial charge in [-0.1, -0.05) is 11.8 Å². The normalized spacial score (nSPS) is 20.6. The standard InChI is InChI=1S/C19H25N3O3S2/c1-11(16(23)20-2)26-19-21-17-15(13-7-3-4-8-14(13)27-17)18(24)22(19)10-12-6-5-9-25-12/h11-12H,3-10H2,1-2H3,(H,20,23). The number of hydrogen-bond donors (Lipinski definition) is 1. The first-order valence-corrected chi connectivity index (χ1v) is 11.3. The lowest BCUT2D eigenvalue weighted by atomic mass is 9.97. The van der Waals surface area contributed by atoms with Gasteiger partial charge in [-0.05, 0) is 51.0 Å². The summed E-state index contributed by atoms with van der Waals surface area (Å²) in [7, 11) is 1.63. The minimum absolute atomic E-state index is 0.0292. The van der Waals surface area contributed by atoms with Crippen molar-refractivity contribution >= 4 is 39.2 Å². The molecule has 1 amide bonds. The van der Waals surface area contributed by atoms with E-state index in [1.165, 1.54) is 28.6 Å². The van der Waals surface area contributed by atoms with Gasteiger partial charge < -0.3 is 10.1 Å². The quantitative estimate of drug-likeness (QED) is 0.609. The predicted octanol–water partition coefficient (Wildman–Crippen LogP) is 2.74. The smallest absolute Gasteiger partial charge is 0.263 e.